The van der Waals surface area contributed by atoms with E-state index >= 15 is 0 Å². The van der Waals surface area contributed by atoms with Crippen LogP contribution >= 0.6 is 0 Å². The molecule has 0 saturated carbocycles. The van der Waals surface area contributed by atoms with Gasteiger partial charge in [-0.1, -0.05) is 20.3 Å². The first-order valence-electron chi connectivity index (χ1n) is 5.93. The molecule has 90 valence electrons. The highest BCUT2D eigenvalue weighted by Crippen LogP contribution is 2.09. The van der Waals surface area contributed by atoms with Crippen LogP contribution in [0, 0.1) is 5.92 Å². The Balaban J connectivity index is 3.66. The van der Waals surface area contributed by atoms with Crippen molar-refractivity contribution in [1.82, 2.24) is 5.32 Å². The lowest BCUT2D eigenvalue weighted by Gasteiger charge is -2.17. The van der Waals surface area contributed by atoms with Gasteiger partial charge in [-0.15, -0.1) is 0 Å². The fourth-order valence-corrected chi connectivity index (χ4v) is 1.52. The van der Waals surface area contributed by atoms with Gasteiger partial charge >= 0.3 is 0 Å². The molecule has 0 heterocycles. The van der Waals surface area contributed by atoms with Gasteiger partial charge in [-0.05, 0) is 32.6 Å². The number of hydrogen-bond acceptors (Lipinski definition) is 2. The van der Waals surface area contributed by atoms with Gasteiger partial charge in [0, 0.05) is 12.5 Å². The number of carbonyl (C=O) groups is 1. The van der Waals surface area contributed by atoms with Gasteiger partial charge in [-0.3, -0.25) is 4.79 Å². The first-order chi connectivity index (χ1) is 6.95. The number of rotatable bonds is 7. The van der Waals surface area contributed by atoms with Crippen molar-refractivity contribution in [3.63, 3.8) is 0 Å². The van der Waals surface area contributed by atoms with Crippen molar-refractivity contribution in [3.8, 4) is 0 Å². The summed E-state index contributed by atoms with van der Waals surface area (Å²) in [4.78, 5) is 11.4. The van der Waals surface area contributed by atoms with Gasteiger partial charge in [0.05, 0.1) is 6.10 Å². The topological polar surface area (TPSA) is 49.3 Å². The van der Waals surface area contributed by atoms with Gasteiger partial charge < -0.3 is 10.4 Å². The monoisotopic (exact) mass is 215 g/mol. The van der Waals surface area contributed by atoms with Crippen LogP contribution < -0.4 is 5.32 Å². The molecule has 3 heteroatoms. The van der Waals surface area contributed by atoms with Crippen LogP contribution in [0.5, 0.6) is 0 Å². The molecule has 2 N–H and O–H groups in total. The third kappa shape index (κ3) is 8.43. The van der Waals surface area contributed by atoms with Gasteiger partial charge in [-0.25, -0.2) is 0 Å². The predicted octanol–water partition coefficient (Wildman–Crippen LogP) is 2.09. The van der Waals surface area contributed by atoms with E-state index in [4.69, 9.17) is 5.11 Å². The molecule has 3 unspecified atom stereocenters. The molecule has 0 rings (SSSR count). The maximum Gasteiger partial charge on any atom is 0.220 e. The smallest absolute Gasteiger partial charge is 0.220 e. The van der Waals surface area contributed by atoms with Crippen LogP contribution in [0.1, 0.15) is 53.4 Å². The second-order valence-electron chi connectivity index (χ2n) is 4.61. The van der Waals surface area contributed by atoms with E-state index in [0.717, 1.165) is 12.8 Å². The number of amides is 1. The lowest BCUT2D eigenvalue weighted by molar-refractivity contribution is -0.122. The maximum atomic E-state index is 11.4. The Hall–Kier alpha value is -0.570. The highest BCUT2D eigenvalue weighted by molar-refractivity contribution is 5.76. The van der Waals surface area contributed by atoms with E-state index in [1.54, 1.807) is 6.92 Å². The van der Waals surface area contributed by atoms with Crippen molar-refractivity contribution in [1.29, 1.82) is 0 Å². The SMILES string of the molecule is CCC(C)CC(C)NC(=O)CCC(C)O. The molecule has 0 radical (unpaired) electrons. The van der Waals surface area contributed by atoms with E-state index in [0.29, 0.717) is 18.8 Å². The fourth-order valence-electron chi connectivity index (χ4n) is 1.52. The standard InChI is InChI=1S/C12H25NO2/c1-5-9(2)8-10(3)13-12(15)7-6-11(4)14/h9-11,14H,5-8H2,1-4H3,(H,13,15). The summed E-state index contributed by atoms with van der Waals surface area (Å²) in [5.74, 6) is 0.698. The largest absolute Gasteiger partial charge is 0.393 e. The lowest BCUT2D eigenvalue weighted by atomic mass is 10.0. The van der Waals surface area contributed by atoms with E-state index in [1.807, 2.05) is 6.92 Å². The number of hydrogen-bond donors (Lipinski definition) is 2. The van der Waals surface area contributed by atoms with E-state index in [2.05, 4.69) is 19.2 Å². The van der Waals surface area contributed by atoms with Crippen LogP contribution in [-0.4, -0.2) is 23.2 Å². The van der Waals surface area contributed by atoms with Crippen molar-refractivity contribution < 1.29 is 9.90 Å². The van der Waals surface area contributed by atoms with E-state index in [-0.39, 0.29) is 18.1 Å². The minimum absolute atomic E-state index is 0.0479. The number of aliphatic hydroxyl groups is 1. The minimum Gasteiger partial charge on any atom is -0.393 e. The number of aliphatic hydroxyl groups excluding tert-OH is 1. The summed E-state index contributed by atoms with van der Waals surface area (Å²) in [6.45, 7) is 8.09. The quantitative estimate of drug-likeness (QED) is 0.683. The molecule has 3 nitrogen and oxygen atoms in total. The van der Waals surface area contributed by atoms with Crippen molar-refractivity contribution in [3.05, 3.63) is 0 Å². The van der Waals surface area contributed by atoms with E-state index in [9.17, 15) is 4.79 Å². The Bertz CT molecular complexity index is 180. The normalized spacial score (nSPS) is 16.9. The molecule has 0 aromatic heterocycles. The Labute approximate surface area is 93.3 Å². The van der Waals surface area contributed by atoms with Gasteiger partial charge in [0.15, 0.2) is 0 Å². The summed E-state index contributed by atoms with van der Waals surface area (Å²) in [7, 11) is 0. The molecule has 0 aliphatic carbocycles. The second kappa shape index (κ2) is 7.69. The third-order valence-corrected chi connectivity index (χ3v) is 2.65. The Morgan fingerprint density at radius 1 is 1.33 bits per heavy atom. The summed E-state index contributed by atoms with van der Waals surface area (Å²) < 4.78 is 0. The zero-order chi connectivity index (χ0) is 11.8. The van der Waals surface area contributed by atoms with Crippen LogP contribution in [0.15, 0.2) is 0 Å². The van der Waals surface area contributed by atoms with Crippen molar-refractivity contribution in [2.45, 2.75) is 65.5 Å². The lowest BCUT2D eigenvalue weighted by Crippen LogP contribution is -2.33. The average Bonchev–Trinajstić information content (AvgIpc) is 2.14. The van der Waals surface area contributed by atoms with Crippen LogP contribution in [0.3, 0.4) is 0 Å². The molecule has 0 fully saturated rings. The summed E-state index contributed by atoms with van der Waals surface area (Å²) in [5.41, 5.74) is 0. The van der Waals surface area contributed by atoms with E-state index in [1.165, 1.54) is 0 Å². The first kappa shape index (κ1) is 14.4. The van der Waals surface area contributed by atoms with Gasteiger partial charge in [-0.2, -0.15) is 0 Å². The molecule has 0 spiro atoms. The van der Waals surface area contributed by atoms with Crippen LogP contribution in [0.4, 0.5) is 0 Å². The highest BCUT2D eigenvalue weighted by Gasteiger charge is 2.10. The van der Waals surface area contributed by atoms with Crippen LogP contribution in [-0.2, 0) is 4.79 Å². The fraction of sp³-hybridized carbons (Fsp3) is 0.917. The first-order valence-corrected chi connectivity index (χ1v) is 5.93. The molecule has 0 aliphatic rings. The Morgan fingerprint density at radius 3 is 2.40 bits per heavy atom. The minimum atomic E-state index is -0.388. The summed E-state index contributed by atoms with van der Waals surface area (Å²) in [6, 6.07) is 0.237. The molecule has 1 amide bonds. The van der Waals surface area contributed by atoms with Crippen molar-refractivity contribution in [2.24, 2.45) is 5.92 Å². The molecule has 0 aromatic carbocycles. The molecule has 15 heavy (non-hydrogen) atoms. The zero-order valence-electron chi connectivity index (χ0n) is 10.4. The Morgan fingerprint density at radius 2 is 1.93 bits per heavy atom. The van der Waals surface area contributed by atoms with Crippen LogP contribution in [0.2, 0.25) is 0 Å². The van der Waals surface area contributed by atoms with Crippen LogP contribution in [0.25, 0.3) is 0 Å². The Kier molecular flexibility index (Phi) is 7.39. The maximum absolute atomic E-state index is 11.4. The highest BCUT2D eigenvalue weighted by atomic mass is 16.3. The average molecular weight is 215 g/mol. The summed E-state index contributed by atoms with van der Waals surface area (Å²) in [6.07, 6.45) is 2.75. The van der Waals surface area contributed by atoms with Gasteiger partial charge in [0.1, 0.15) is 0 Å². The zero-order valence-corrected chi connectivity index (χ0v) is 10.4. The second-order valence-corrected chi connectivity index (χ2v) is 4.61. The molecule has 0 aromatic rings. The number of carbonyl (C=O) groups excluding carboxylic acids is 1. The van der Waals surface area contributed by atoms with Gasteiger partial charge in [0.25, 0.3) is 0 Å². The van der Waals surface area contributed by atoms with Crippen molar-refractivity contribution in [2.75, 3.05) is 0 Å². The molecule has 0 saturated heterocycles. The molecule has 3 atom stereocenters. The summed E-state index contributed by atoms with van der Waals surface area (Å²) in [5, 5.41) is 12.0. The van der Waals surface area contributed by atoms with E-state index < -0.39 is 0 Å². The van der Waals surface area contributed by atoms with Gasteiger partial charge in [0.2, 0.25) is 5.91 Å². The molecule has 0 bridgehead atoms. The molecular formula is C12H25NO2. The summed E-state index contributed by atoms with van der Waals surface area (Å²) >= 11 is 0. The molecular weight excluding hydrogens is 190 g/mol. The van der Waals surface area contributed by atoms with Crippen molar-refractivity contribution >= 4 is 5.91 Å². The predicted molar refractivity (Wildman–Crippen MR) is 62.6 cm³/mol. The third-order valence-electron chi connectivity index (χ3n) is 2.65. The number of nitrogens with one attached hydrogen (secondary N) is 1. The molecule has 0 aliphatic heterocycles.